The molecule has 0 atom stereocenters. The first-order valence-corrected chi connectivity index (χ1v) is 3.17. The van der Waals surface area contributed by atoms with Gasteiger partial charge >= 0.3 is 8.77 Å². The van der Waals surface area contributed by atoms with E-state index in [2.05, 4.69) is 11.1 Å². The van der Waals surface area contributed by atoms with Crippen molar-refractivity contribution in [2.24, 2.45) is 0 Å². The van der Waals surface area contributed by atoms with Gasteiger partial charge in [0, 0.05) is 0 Å². The Morgan fingerprint density at radius 1 is 1.62 bits per heavy atom. The van der Waals surface area contributed by atoms with Crippen molar-refractivity contribution < 1.29 is 12.9 Å². The Morgan fingerprint density at radius 2 is 2.25 bits per heavy atom. The highest BCUT2D eigenvalue weighted by atomic mass is 31.2. The molecule has 8 heavy (non-hydrogen) atoms. The SMILES string of the molecule is C=CCCOP(F)F. The normalized spacial score (nSPS) is 9.88. The van der Waals surface area contributed by atoms with Gasteiger partial charge in [-0.3, -0.25) is 0 Å². The zero-order valence-corrected chi connectivity index (χ0v) is 5.20. The number of hydrogen-bond donors (Lipinski definition) is 0. The van der Waals surface area contributed by atoms with Crippen molar-refractivity contribution in [1.82, 2.24) is 0 Å². The van der Waals surface area contributed by atoms with Gasteiger partial charge in [-0.1, -0.05) is 6.08 Å². The third-order valence-corrected chi connectivity index (χ3v) is 0.889. The average molecular weight is 140 g/mol. The molecule has 0 aromatic carbocycles. The second-order valence-corrected chi connectivity index (χ2v) is 1.77. The maximum Gasteiger partial charge on any atom is 0.415 e. The molecule has 0 aromatic rings. The van der Waals surface area contributed by atoms with E-state index in [1.54, 1.807) is 6.08 Å². The van der Waals surface area contributed by atoms with Crippen LogP contribution in [0, 0.1) is 0 Å². The van der Waals surface area contributed by atoms with Crippen LogP contribution in [0.25, 0.3) is 0 Å². The molecule has 4 heteroatoms. The fourth-order valence-corrected chi connectivity index (χ4v) is 0.448. The van der Waals surface area contributed by atoms with E-state index in [-0.39, 0.29) is 6.61 Å². The Hall–Kier alpha value is -0.0100. The van der Waals surface area contributed by atoms with Crippen molar-refractivity contribution >= 4 is 8.77 Å². The largest absolute Gasteiger partial charge is 0.415 e. The van der Waals surface area contributed by atoms with Crippen LogP contribution in [0.15, 0.2) is 12.7 Å². The molecule has 0 rings (SSSR count). The van der Waals surface area contributed by atoms with Crippen molar-refractivity contribution in [3.63, 3.8) is 0 Å². The first kappa shape index (κ1) is 7.99. The quantitative estimate of drug-likeness (QED) is 0.331. The second-order valence-electron chi connectivity index (χ2n) is 1.11. The Balaban J connectivity index is 2.81. The second kappa shape index (κ2) is 5.13. The van der Waals surface area contributed by atoms with E-state index in [1.807, 2.05) is 0 Å². The number of rotatable bonds is 4. The van der Waals surface area contributed by atoms with Crippen LogP contribution < -0.4 is 0 Å². The molecule has 0 aliphatic rings. The smallest absolute Gasteiger partial charge is 0.305 e. The Kier molecular flexibility index (Phi) is 5.13. The van der Waals surface area contributed by atoms with E-state index >= 15 is 0 Å². The van der Waals surface area contributed by atoms with Gasteiger partial charge in [0.2, 0.25) is 0 Å². The van der Waals surface area contributed by atoms with E-state index < -0.39 is 8.77 Å². The highest BCUT2D eigenvalue weighted by Crippen LogP contribution is 2.39. The molecule has 0 unspecified atom stereocenters. The van der Waals surface area contributed by atoms with Crippen LogP contribution >= 0.6 is 8.77 Å². The molecular formula is C4H7F2OP. The summed E-state index contributed by atoms with van der Waals surface area (Å²) in [6.07, 6.45) is 2.03. The summed E-state index contributed by atoms with van der Waals surface area (Å²) in [5.74, 6) is 0. The van der Waals surface area contributed by atoms with Gasteiger partial charge < -0.3 is 4.52 Å². The van der Waals surface area contributed by atoms with Crippen molar-refractivity contribution in [2.75, 3.05) is 6.61 Å². The van der Waals surface area contributed by atoms with Crippen molar-refractivity contribution in [2.45, 2.75) is 6.42 Å². The van der Waals surface area contributed by atoms with Crippen LogP contribution in [0.3, 0.4) is 0 Å². The van der Waals surface area contributed by atoms with Crippen molar-refractivity contribution in [1.29, 1.82) is 0 Å². The fraction of sp³-hybridized carbons (Fsp3) is 0.500. The van der Waals surface area contributed by atoms with Crippen LogP contribution in [-0.2, 0) is 4.52 Å². The number of halogens is 2. The third kappa shape index (κ3) is 5.99. The van der Waals surface area contributed by atoms with Gasteiger partial charge in [-0.05, 0) is 6.42 Å². The Labute approximate surface area is 48.4 Å². The maximum atomic E-state index is 11.2. The van der Waals surface area contributed by atoms with Crippen LogP contribution in [0.2, 0.25) is 0 Å². The minimum Gasteiger partial charge on any atom is -0.305 e. The Bertz CT molecular complexity index is 67.1. The summed E-state index contributed by atoms with van der Waals surface area (Å²) >= 11 is 0. The summed E-state index contributed by atoms with van der Waals surface area (Å²) in [6, 6.07) is 0. The summed E-state index contributed by atoms with van der Waals surface area (Å²) in [4.78, 5) is 0. The summed E-state index contributed by atoms with van der Waals surface area (Å²) < 4.78 is 26.3. The van der Waals surface area contributed by atoms with E-state index in [0.717, 1.165) is 0 Å². The molecule has 0 heterocycles. The van der Waals surface area contributed by atoms with Gasteiger partial charge in [-0.25, -0.2) is 0 Å². The predicted molar refractivity (Wildman–Crippen MR) is 29.9 cm³/mol. The zero-order chi connectivity index (χ0) is 6.41. The number of hydrogen-bond acceptors (Lipinski definition) is 1. The monoisotopic (exact) mass is 140 g/mol. The van der Waals surface area contributed by atoms with Gasteiger partial charge in [0.05, 0.1) is 6.61 Å². The molecule has 0 aliphatic carbocycles. The first-order valence-electron chi connectivity index (χ1n) is 2.13. The molecule has 0 radical (unpaired) electrons. The standard InChI is InChI=1S/C4H7F2OP/c1-2-3-4-7-8(5)6/h2H,1,3-4H2. The summed E-state index contributed by atoms with van der Waals surface area (Å²) in [5, 5.41) is 0. The van der Waals surface area contributed by atoms with Gasteiger partial charge in [-0.2, -0.15) is 8.39 Å². The molecular weight excluding hydrogens is 133 g/mol. The van der Waals surface area contributed by atoms with Gasteiger partial charge in [0.1, 0.15) is 0 Å². The van der Waals surface area contributed by atoms with Crippen LogP contribution in [-0.4, -0.2) is 6.61 Å². The predicted octanol–water partition coefficient (Wildman–Crippen LogP) is 2.75. The Morgan fingerprint density at radius 3 is 2.62 bits per heavy atom. The lowest BCUT2D eigenvalue weighted by molar-refractivity contribution is 0.315. The molecule has 0 N–H and O–H groups in total. The molecule has 0 saturated carbocycles. The van der Waals surface area contributed by atoms with Crippen molar-refractivity contribution in [3.05, 3.63) is 12.7 Å². The average Bonchev–Trinajstić information content (AvgIpc) is 1.66. The molecule has 0 fully saturated rings. The molecule has 0 aromatic heterocycles. The lowest BCUT2D eigenvalue weighted by Crippen LogP contribution is -1.80. The van der Waals surface area contributed by atoms with Crippen LogP contribution in [0.1, 0.15) is 6.42 Å². The van der Waals surface area contributed by atoms with Crippen LogP contribution in [0.4, 0.5) is 8.39 Å². The van der Waals surface area contributed by atoms with E-state index in [9.17, 15) is 8.39 Å². The summed E-state index contributed by atoms with van der Waals surface area (Å²) in [6.45, 7) is 3.43. The van der Waals surface area contributed by atoms with E-state index in [1.165, 1.54) is 0 Å². The zero-order valence-electron chi connectivity index (χ0n) is 4.31. The third-order valence-electron chi connectivity index (χ3n) is 0.511. The maximum absolute atomic E-state index is 11.2. The summed E-state index contributed by atoms with van der Waals surface area (Å²) in [7, 11) is -3.16. The van der Waals surface area contributed by atoms with Gasteiger partial charge in [-0.15, -0.1) is 6.58 Å². The lowest BCUT2D eigenvalue weighted by atomic mass is 10.5. The van der Waals surface area contributed by atoms with Crippen molar-refractivity contribution in [3.8, 4) is 0 Å². The minimum atomic E-state index is -3.16. The molecule has 1 nitrogen and oxygen atoms in total. The molecule has 0 aliphatic heterocycles. The molecule has 48 valence electrons. The lowest BCUT2D eigenvalue weighted by Gasteiger charge is -1.94. The van der Waals surface area contributed by atoms with Gasteiger partial charge in [0.15, 0.2) is 0 Å². The highest BCUT2D eigenvalue weighted by Gasteiger charge is 2.00. The van der Waals surface area contributed by atoms with E-state index in [0.29, 0.717) is 6.42 Å². The van der Waals surface area contributed by atoms with E-state index in [4.69, 9.17) is 0 Å². The fourth-order valence-electron chi connectivity index (χ4n) is 0.205. The van der Waals surface area contributed by atoms with Gasteiger partial charge in [0.25, 0.3) is 0 Å². The minimum absolute atomic E-state index is 0.0855. The highest BCUT2D eigenvalue weighted by molar-refractivity contribution is 7.40. The van der Waals surface area contributed by atoms with Crippen LogP contribution in [0.5, 0.6) is 0 Å². The first-order chi connectivity index (χ1) is 3.77. The molecule has 0 spiro atoms. The molecule has 0 amide bonds. The molecule has 0 bridgehead atoms. The topological polar surface area (TPSA) is 9.23 Å². The molecule has 0 saturated heterocycles. The summed E-state index contributed by atoms with van der Waals surface area (Å²) in [5.41, 5.74) is 0.